The minimum absolute atomic E-state index is 0.0147. The van der Waals surface area contributed by atoms with Crippen LogP contribution in [0.3, 0.4) is 0 Å². The van der Waals surface area contributed by atoms with Gasteiger partial charge in [-0.2, -0.15) is 5.26 Å². The van der Waals surface area contributed by atoms with E-state index in [2.05, 4.69) is 0 Å². The van der Waals surface area contributed by atoms with Crippen LogP contribution in [0.4, 0.5) is 0 Å². The Morgan fingerprint density at radius 1 is 1.13 bits per heavy atom. The summed E-state index contributed by atoms with van der Waals surface area (Å²) in [6, 6.07) is 13.8. The molecule has 0 aliphatic carbocycles. The van der Waals surface area contributed by atoms with Crippen LogP contribution in [-0.4, -0.2) is 16.9 Å². The lowest BCUT2D eigenvalue weighted by Crippen LogP contribution is -2.01. The lowest BCUT2D eigenvalue weighted by Gasteiger charge is -2.08. The zero-order valence-electron chi connectivity index (χ0n) is 12.6. The maximum absolute atomic E-state index is 11.4. The first-order valence-electron chi connectivity index (χ1n) is 6.97. The number of carboxylic acids is 1. The van der Waals surface area contributed by atoms with E-state index in [1.54, 1.807) is 36.4 Å². The average molecular weight is 309 g/mol. The van der Waals surface area contributed by atoms with Gasteiger partial charge in [0.05, 0.1) is 12.0 Å². The van der Waals surface area contributed by atoms with Gasteiger partial charge in [0, 0.05) is 5.56 Å². The molecule has 0 unspecified atom stereocenters. The zero-order chi connectivity index (χ0) is 16.8. The van der Waals surface area contributed by atoms with Crippen LogP contribution in [0, 0.1) is 11.3 Å². The molecule has 5 heteroatoms. The summed E-state index contributed by atoms with van der Waals surface area (Å²) >= 11 is 0. The quantitative estimate of drug-likeness (QED) is 0.829. The van der Waals surface area contributed by atoms with E-state index >= 15 is 0 Å². The molecule has 2 aromatic rings. The van der Waals surface area contributed by atoms with E-state index in [0.717, 1.165) is 11.1 Å². The monoisotopic (exact) mass is 309 g/mol. The fraction of sp³-hybridized carbons (Fsp3) is 0.167. The van der Waals surface area contributed by atoms with Crippen LogP contribution in [0.25, 0.3) is 0 Å². The number of nitriles is 1. The van der Waals surface area contributed by atoms with E-state index in [0.29, 0.717) is 11.3 Å². The first-order chi connectivity index (χ1) is 11.0. The summed E-state index contributed by atoms with van der Waals surface area (Å²) in [5, 5.41) is 17.8. The molecule has 2 aromatic carbocycles. The highest BCUT2D eigenvalue weighted by Gasteiger charge is 2.08. The zero-order valence-corrected chi connectivity index (χ0v) is 12.6. The van der Waals surface area contributed by atoms with Crippen LogP contribution in [0.5, 0.6) is 5.75 Å². The van der Waals surface area contributed by atoms with Crippen molar-refractivity contribution in [3.63, 3.8) is 0 Å². The summed E-state index contributed by atoms with van der Waals surface area (Å²) in [6.07, 6.45) is -0.0147. The number of Topliss-reactive ketones (excluding diaryl/α,β-unsaturated/α-hetero) is 1. The second-order valence-corrected chi connectivity index (χ2v) is 5.05. The van der Waals surface area contributed by atoms with Gasteiger partial charge in [-0.05, 0) is 36.2 Å². The van der Waals surface area contributed by atoms with Gasteiger partial charge < -0.3 is 9.84 Å². The lowest BCUT2D eigenvalue weighted by atomic mass is 10.1. The molecule has 0 aliphatic heterocycles. The third-order valence-corrected chi connectivity index (χ3v) is 3.27. The van der Waals surface area contributed by atoms with Crippen LogP contribution in [0.1, 0.15) is 34.0 Å². The first kappa shape index (κ1) is 16.2. The predicted molar refractivity (Wildman–Crippen MR) is 83.3 cm³/mol. The number of aliphatic carboxylic acids is 1. The smallest absolute Gasteiger partial charge is 0.307 e. The van der Waals surface area contributed by atoms with Gasteiger partial charge in [0.25, 0.3) is 0 Å². The third kappa shape index (κ3) is 4.42. The molecule has 5 nitrogen and oxygen atoms in total. The van der Waals surface area contributed by atoms with E-state index in [4.69, 9.17) is 15.1 Å². The fourth-order valence-electron chi connectivity index (χ4n) is 2.11. The number of ketones is 1. The summed E-state index contributed by atoms with van der Waals surface area (Å²) in [5.41, 5.74) is 2.26. The van der Waals surface area contributed by atoms with Gasteiger partial charge in [-0.1, -0.05) is 24.3 Å². The molecule has 23 heavy (non-hydrogen) atoms. The van der Waals surface area contributed by atoms with Crippen molar-refractivity contribution in [3.05, 3.63) is 64.7 Å². The third-order valence-electron chi connectivity index (χ3n) is 3.27. The molecule has 0 amide bonds. The van der Waals surface area contributed by atoms with Crippen molar-refractivity contribution in [2.75, 3.05) is 0 Å². The molecule has 0 saturated carbocycles. The summed E-state index contributed by atoms with van der Waals surface area (Å²) in [7, 11) is 0. The van der Waals surface area contributed by atoms with Crippen LogP contribution >= 0.6 is 0 Å². The Kier molecular flexibility index (Phi) is 5.11. The second-order valence-electron chi connectivity index (χ2n) is 5.05. The molecule has 0 saturated heterocycles. The van der Waals surface area contributed by atoms with Crippen molar-refractivity contribution in [1.82, 2.24) is 0 Å². The Morgan fingerprint density at radius 2 is 1.78 bits per heavy atom. The molecular formula is C18H15NO4. The molecule has 0 aromatic heterocycles. The van der Waals surface area contributed by atoms with Gasteiger partial charge in [-0.3, -0.25) is 9.59 Å². The number of carbonyl (C=O) groups excluding carboxylic acids is 1. The Bertz CT molecular complexity index is 773. The highest BCUT2D eigenvalue weighted by molar-refractivity contribution is 5.96. The van der Waals surface area contributed by atoms with Gasteiger partial charge in [0.15, 0.2) is 5.78 Å². The van der Waals surface area contributed by atoms with Crippen molar-refractivity contribution in [2.45, 2.75) is 20.0 Å². The number of ether oxygens (including phenoxy) is 1. The highest BCUT2D eigenvalue weighted by Crippen LogP contribution is 2.19. The number of nitrogens with zero attached hydrogens (tertiary/aromatic N) is 1. The average Bonchev–Trinajstić information content (AvgIpc) is 2.53. The van der Waals surface area contributed by atoms with Gasteiger partial charge in [-0.25, -0.2) is 0 Å². The fourth-order valence-corrected chi connectivity index (χ4v) is 2.11. The first-order valence-corrected chi connectivity index (χ1v) is 6.97. The minimum atomic E-state index is -0.872. The number of hydrogen-bond donors (Lipinski definition) is 1. The summed E-state index contributed by atoms with van der Waals surface area (Å²) < 4.78 is 5.61. The SMILES string of the molecule is CC(=O)c1ccc(OCc2ccc(CC(=O)O)cc2)cc1C#N. The number of hydrogen-bond acceptors (Lipinski definition) is 4. The molecule has 0 heterocycles. The predicted octanol–water partition coefficient (Wildman–Crippen LogP) is 2.97. The van der Waals surface area contributed by atoms with Crippen LogP contribution in [0.2, 0.25) is 0 Å². The van der Waals surface area contributed by atoms with Crippen molar-refractivity contribution in [1.29, 1.82) is 5.26 Å². The molecular weight excluding hydrogens is 294 g/mol. The molecule has 1 N–H and O–H groups in total. The van der Waals surface area contributed by atoms with Gasteiger partial charge in [0.2, 0.25) is 0 Å². The molecule has 0 atom stereocenters. The Balaban J connectivity index is 2.05. The van der Waals surface area contributed by atoms with Crippen molar-refractivity contribution < 1.29 is 19.4 Å². The second kappa shape index (κ2) is 7.23. The van der Waals surface area contributed by atoms with Gasteiger partial charge in [0.1, 0.15) is 18.4 Å². The molecule has 0 fully saturated rings. The van der Waals surface area contributed by atoms with E-state index in [9.17, 15) is 9.59 Å². The maximum atomic E-state index is 11.4. The standard InChI is InChI=1S/C18H15NO4/c1-12(20)17-7-6-16(9-15(17)10-19)23-11-14-4-2-13(3-5-14)8-18(21)22/h2-7,9H,8,11H2,1H3,(H,21,22). The molecule has 0 radical (unpaired) electrons. The van der Waals surface area contributed by atoms with E-state index < -0.39 is 5.97 Å². The van der Waals surface area contributed by atoms with E-state index in [1.165, 1.54) is 13.0 Å². The van der Waals surface area contributed by atoms with Crippen LogP contribution < -0.4 is 4.74 Å². The molecule has 0 aliphatic rings. The number of rotatable bonds is 6. The van der Waals surface area contributed by atoms with Gasteiger partial charge >= 0.3 is 5.97 Å². The number of benzene rings is 2. The van der Waals surface area contributed by atoms with Crippen LogP contribution in [0.15, 0.2) is 42.5 Å². The highest BCUT2D eigenvalue weighted by atomic mass is 16.5. The van der Waals surface area contributed by atoms with Gasteiger partial charge in [-0.15, -0.1) is 0 Å². The van der Waals surface area contributed by atoms with Crippen LogP contribution in [-0.2, 0) is 17.8 Å². The molecule has 0 spiro atoms. The minimum Gasteiger partial charge on any atom is -0.489 e. The molecule has 0 bridgehead atoms. The lowest BCUT2D eigenvalue weighted by molar-refractivity contribution is -0.136. The largest absolute Gasteiger partial charge is 0.489 e. The topological polar surface area (TPSA) is 87.4 Å². The molecule has 2 rings (SSSR count). The number of carboxylic acid groups (broad SMARTS) is 1. The maximum Gasteiger partial charge on any atom is 0.307 e. The van der Waals surface area contributed by atoms with E-state index in [-0.39, 0.29) is 24.4 Å². The number of carbonyl (C=O) groups is 2. The Morgan fingerprint density at radius 3 is 2.35 bits per heavy atom. The Labute approximate surface area is 133 Å². The van der Waals surface area contributed by atoms with Crippen molar-refractivity contribution in [3.8, 4) is 11.8 Å². The summed E-state index contributed by atoms with van der Waals surface area (Å²) in [5.74, 6) is -0.535. The van der Waals surface area contributed by atoms with Crippen molar-refractivity contribution in [2.24, 2.45) is 0 Å². The van der Waals surface area contributed by atoms with E-state index in [1.807, 2.05) is 6.07 Å². The van der Waals surface area contributed by atoms with Crippen molar-refractivity contribution >= 4 is 11.8 Å². The summed E-state index contributed by atoms with van der Waals surface area (Å²) in [4.78, 5) is 22.0. The normalized spacial score (nSPS) is 9.91. The summed E-state index contributed by atoms with van der Waals surface area (Å²) in [6.45, 7) is 1.70. The molecule has 116 valence electrons. The Hall–Kier alpha value is -3.13.